The minimum atomic E-state index is -3.60. The highest BCUT2D eigenvalue weighted by atomic mass is 32.2. The fraction of sp³-hybridized carbons (Fsp3) is 0.857. The van der Waals surface area contributed by atoms with Crippen molar-refractivity contribution in [2.24, 2.45) is 0 Å². The van der Waals surface area contributed by atoms with Crippen molar-refractivity contribution in [3.63, 3.8) is 0 Å². The molecule has 1 heterocycles. The zero-order valence-electron chi connectivity index (χ0n) is 7.84. The van der Waals surface area contributed by atoms with Crippen LogP contribution in [-0.2, 0) is 14.8 Å². The lowest BCUT2D eigenvalue weighted by atomic mass is 10.4. The predicted octanol–water partition coefficient (Wildman–Crippen LogP) is -0.162. The van der Waals surface area contributed by atoms with E-state index in [1.54, 1.807) is 11.8 Å². The average molecular weight is 239 g/mol. The number of carboxylic acids is 1. The summed E-state index contributed by atoms with van der Waals surface area (Å²) in [6.45, 7) is 2.78. The number of hydrogen-bond donors (Lipinski definition) is 1. The van der Waals surface area contributed by atoms with Crippen LogP contribution in [0.4, 0.5) is 0 Å². The van der Waals surface area contributed by atoms with Gasteiger partial charge in [-0.25, -0.2) is 8.42 Å². The monoisotopic (exact) mass is 239 g/mol. The van der Waals surface area contributed by atoms with Crippen LogP contribution >= 0.6 is 11.8 Å². The van der Waals surface area contributed by atoms with Crippen LogP contribution in [0.3, 0.4) is 0 Å². The molecule has 5 nitrogen and oxygen atoms in total. The van der Waals surface area contributed by atoms with Gasteiger partial charge in [-0.15, -0.1) is 0 Å². The quantitative estimate of drug-likeness (QED) is 0.740. The molecule has 1 rings (SSSR count). The molecule has 0 spiro atoms. The lowest BCUT2D eigenvalue weighted by Gasteiger charge is -2.29. The van der Waals surface area contributed by atoms with E-state index in [1.165, 1.54) is 4.31 Å². The molecule has 1 unspecified atom stereocenters. The summed E-state index contributed by atoms with van der Waals surface area (Å²) in [6.07, 6.45) is 0. The zero-order valence-corrected chi connectivity index (χ0v) is 9.47. The van der Waals surface area contributed by atoms with Crippen molar-refractivity contribution in [3.8, 4) is 0 Å². The maximum absolute atomic E-state index is 11.5. The summed E-state index contributed by atoms with van der Waals surface area (Å²) in [5.74, 6) is -1.36. The summed E-state index contributed by atoms with van der Waals surface area (Å²) in [5.41, 5.74) is 0. The van der Waals surface area contributed by atoms with Crippen LogP contribution in [0.15, 0.2) is 0 Å². The van der Waals surface area contributed by atoms with E-state index in [0.717, 1.165) is 5.75 Å². The molecule has 0 aromatic heterocycles. The van der Waals surface area contributed by atoms with Crippen LogP contribution < -0.4 is 0 Å². The molecule has 1 aliphatic heterocycles. The van der Waals surface area contributed by atoms with Gasteiger partial charge in [-0.05, 0) is 0 Å². The number of carbonyl (C=O) groups is 1. The van der Waals surface area contributed by atoms with Crippen molar-refractivity contribution in [1.82, 2.24) is 4.31 Å². The number of nitrogens with zero attached hydrogens (tertiary/aromatic N) is 1. The highest BCUT2D eigenvalue weighted by Crippen LogP contribution is 2.20. The normalized spacial score (nSPS) is 24.8. The van der Waals surface area contributed by atoms with Crippen LogP contribution in [0, 0.1) is 0 Å². The van der Waals surface area contributed by atoms with Crippen molar-refractivity contribution in [1.29, 1.82) is 0 Å². The number of hydrogen-bond acceptors (Lipinski definition) is 4. The SMILES string of the molecule is CC1CN(S(=O)(=O)CC(=O)O)CCS1. The molecule has 0 aromatic rings. The van der Waals surface area contributed by atoms with Gasteiger partial charge in [0.25, 0.3) is 0 Å². The van der Waals surface area contributed by atoms with Crippen molar-refractivity contribution in [2.45, 2.75) is 12.2 Å². The Morgan fingerprint density at radius 3 is 2.79 bits per heavy atom. The van der Waals surface area contributed by atoms with Gasteiger partial charge in [0.1, 0.15) is 0 Å². The van der Waals surface area contributed by atoms with E-state index in [1.807, 2.05) is 6.92 Å². The Balaban J connectivity index is 2.67. The molecule has 0 bridgehead atoms. The molecule has 1 saturated heterocycles. The minimum Gasteiger partial charge on any atom is -0.480 e. The highest BCUT2D eigenvalue weighted by molar-refractivity contribution is 8.00. The molecule has 0 aliphatic carbocycles. The molecule has 0 aromatic carbocycles. The Hall–Kier alpha value is -0.270. The Morgan fingerprint density at radius 1 is 1.64 bits per heavy atom. The number of carboxylic acid groups (broad SMARTS) is 1. The van der Waals surface area contributed by atoms with Gasteiger partial charge < -0.3 is 5.11 Å². The molecule has 14 heavy (non-hydrogen) atoms. The standard InChI is InChI=1S/C7H13NO4S2/c1-6-4-8(2-3-13-6)14(11,12)5-7(9)10/h6H,2-5H2,1H3,(H,9,10). The molecule has 1 atom stereocenters. The zero-order chi connectivity index (χ0) is 10.8. The Morgan fingerprint density at radius 2 is 2.29 bits per heavy atom. The van der Waals surface area contributed by atoms with Gasteiger partial charge in [-0.2, -0.15) is 16.1 Å². The van der Waals surface area contributed by atoms with E-state index in [4.69, 9.17) is 5.11 Å². The van der Waals surface area contributed by atoms with E-state index in [0.29, 0.717) is 13.1 Å². The van der Waals surface area contributed by atoms with E-state index in [9.17, 15) is 13.2 Å². The molecule has 0 saturated carbocycles. The fourth-order valence-electron chi connectivity index (χ4n) is 1.29. The van der Waals surface area contributed by atoms with E-state index in [-0.39, 0.29) is 5.25 Å². The maximum Gasteiger partial charge on any atom is 0.320 e. The van der Waals surface area contributed by atoms with Gasteiger partial charge in [0.15, 0.2) is 5.75 Å². The summed E-state index contributed by atoms with van der Waals surface area (Å²) in [5, 5.41) is 8.68. The lowest BCUT2D eigenvalue weighted by Crippen LogP contribution is -2.43. The van der Waals surface area contributed by atoms with Crippen molar-refractivity contribution in [2.75, 3.05) is 24.6 Å². The second kappa shape index (κ2) is 4.50. The molecule has 0 radical (unpaired) electrons. The number of sulfonamides is 1. The first-order chi connectivity index (χ1) is 6.42. The summed E-state index contributed by atoms with van der Waals surface area (Å²) >= 11 is 1.70. The Bertz CT molecular complexity index is 314. The summed E-state index contributed by atoms with van der Waals surface area (Å²) in [4.78, 5) is 10.3. The van der Waals surface area contributed by atoms with Gasteiger partial charge in [-0.3, -0.25) is 4.79 Å². The predicted molar refractivity (Wildman–Crippen MR) is 54.9 cm³/mol. The average Bonchev–Trinajstić information content (AvgIpc) is 2.01. The third-order valence-corrected chi connectivity index (χ3v) is 4.77. The van der Waals surface area contributed by atoms with Crippen molar-refractivity contribution < 1.29 is 18.3 Å². The molecule has 1 fully saturated rings. The van der Waals surface area contributed by atoms with Gasteiger partial charge in [0, 0.05) is 24.1 Å². The summed E-state index contributed by atoms with van der Waals surface area (Å²) in [6, 6.07) is 0. The maximum atomic E-state index is 11.5. The first-order valence-electron chi connectivity index (χ1n) is 4.23. The van der Waals surface area contributed by atoms with Crippen LogP contribution in [-0.4, -0.2) is 53.6 Å². The first kappa shape index (κ1) is 11.8. The summed E-state index contributed by atoms with van der Waals surface area (Å²) in [7, 11) is -3.60. The largest absolute Gasteiger partial charge is 0.480 e. The minimum absolute atomic E-state index is 0.243. The van der Waals surface area contributed by atoms with Crippen LogP contribution in [0.25, 0.3) is 0 Å². The molecule has 0 amide bonds. The van der Waals surface area contributed by atoms with Crippen molar-refractivity contribution >= 4 is 27.8 Å². The van der Waals surface area contributed by atoms with E-state index < -0.39 is 21.7 Å². The Kier molecular flexibility index (Phi) is 3.79. The molecular weight excluding hydrogens is 226 g/mol. The Labute approximate surface area is 87.5 Å². The second-order valence-electron chi connectivity index (χ2n) is 3.19. The van der Waals surface area contributed by atoms with E-state index in [2.05, 4.69) is 0 Å². The van der Waals surface area contributed by atoms with Crippen LogP contribution in [0.5, 0.6) is 0 Å². The second-order valence-corrected chi connectivity index (χ2v) is 6.70. The number of aliphatic carboxylic acids is 1. The lowest BCUT2D eigenvalue weighted by molar-refractivity contribution is -0.134. The third-order valence-electron chi connectivity index (χ3n) is 1.90. The first-order valence-corrected chi connectivity index (χ1v) is 6.89. The molecule has 7 heteroatoms. The van der Waals surface area contributed by atoms with Crippen LogP contribution in [0.2, 0.25) is 0 Å². The topological polar surface area (TPSA) is 74.7 Å². The molecule has 82 valence electrons. The number of thioether (sulfide) groups is 1. The van der Waals surface area contributed by atoms with Crippen LogP contribution in [0.1, 0.15) is 6.92 Å². The number of rotatable bonds is 3. The smallest absolute Gasteiger partial charge is 0.320 e. The highest BCUT2D eigenvalue weighted by Gasteiger charge is 2.29. The fourth-order valence-corrected chi connectivity index (χ4v) is 3.82. The molecular formula is C7H13NO4S2. The molecule has 1 N–H and O–H groups in total. The van der Waals surface area contributed by atoms with Gasteiger partial charge >= 0.3 is 5.97 Å². The van der Waals surface area contributed by atoms with Gasteiger partial charge in [0.05, 0.1) is 0 Å². The molecule has 1 aliphatic rings. The van der Waals surface area contributed by atoms with Gasteiger partial charge in [0.2, 0.25) is 10.0 Å². The summed E-state index contributed by atoms with van der Waals surface area (Å²) < 4.78 is 24.2. The van der Waals surface area contributed by atoms with Gasteiger partial charge in [-0.1, -0.05) is 6.92 Å². The third kappa shape index (κ3) is 3.14. The van der Waals surface area contributed by atoms with Crippen molar-refractivity contribution in [3.05, 3.63) is 0 Å². The van der Waals surface area contributed by atoms with E-state index >= 15 is 0 Å².